The molecule has 0 spiro atoms. The zero-order valence-electron chi connectivity index (χ0n) is 15.2. The smallest absolute Gasteiger partial charge is 0.410 e. The molecule has 136 valence electrons. The number of hydrogen-bond acceptors (Lipinski definition) is 4. The molecule has 0 aromatic heterocycles. The van der Waals surface area contributed by atoms with E-state index in [1.807, 2.05) is 39.0 Å². The molecule has 1 aliphatic rings. The van der Waals surface area contributed by atoms with E-state index in [2.05, 4.69) is 0 Å². The summed E-state index contributed by atoms with van der Waals surface area (Å²) in [6, 6.07) is 9.05. The Morgan fingerprint density at radius 1 is 1.20 bits per heavy atom. The predicted molar refractivity (Wildman–Crippen MR) is 95.5 cm³/mol. The van der Waals surface area contributed by atoms with Gasteiger partial charge >= 0.3 is 6.09 Å². The SMILES string of the molecule is CC(C)(C)OC(=O)N1CCC([C@@H](C=O)CC(=O)c2ccccc2)CC1. The fourth-order valence-corrected chi connectivity index (χ4v) is 3.12. The van der Waals surface area contributed by atoms with Gasteiger partial charge in [-0.1, -0.05) is 30.3 Å². The number of aldehydes is 1. The monoisotopic (exact) mass is 345 g/mol. The maximum atomic E-state index is 12.3. The average Bonchev–Trinajstić information content (AvgIpc) is 2.59. The molecule has 0 N–H and O–H groups in total. The Labute approximate surface area is 149 Å². The molecule has 5 nitrogen and oxygen atoms in total. The first kappa shape index (κ1) is 19.2. The van der Waals surface area contributed by atoms with Crippen molar-refractivity contribution in [1.82, 2.24) is 4.90 Å². The zero-order valence-corrected chi connectivity index (χ0v) is 15.2. The van der Waals surface area contributed by atoms with Crippen molar-refractivity contribution >= 4 is 18.2 Å². The average molecular weight is 345 g/mol. The third-order valence-corrected chi connectivity index (χ3v) is 4.49. The number of piperidine rings is 1. The lowest BCUT2D eigenvalue weighted by Gasteiger charge is -2.35. The van der Waals surface area contributed by atoms with Crippen molar-refractivity contribution in [3.8, 4) is 0 Å². The van der Waals surface area contributed by atoms with Crippen LogP contribution in [0.2, 0.25) is 0 Å². The number of carbonyl (C=O) groups excluding carboxylic acids is 3. The van der Waals surface area contributed by atoms with Crippen LogP contribution in [0, 0.1) is 11.8 Å². The minimum atomic E-state index is -0.513. The minimum Gasteiger partial charge on any atom is -0.444 e. The molecular weight excluding hydrogens is 318 g/mol. The Kier molecular flexibility index (Phi) is 6.34. The number of rotatable bonds is 5. The first-order chi connectivity index (χ1) is 11.8. The largest absolute Gasteiger partial charge is 0.444 e. The summed E-state index contributed by atoms with van der Waals surface area (Å²) in [5.41, 5.74) is 0.127. The molecule has 1 atom stereocenters. The van der Waals surface area contributed by atoms with Crippen molar-refractivity contribution in [3.05, 3.63) is 35.9 Å². The van der Waals surface area contributed by atoms with Gasteiger partial charge in [-0.2, -0.15) is 0 Å². The molecule has 1 amide bonds. The van der Waals surface area contributed by atoms with Gasteiger partial charge in [0, 0.05) is 31.0 Å². The molecule has 5 heteroatoms. The summed E-state index contributed by atoms with van der Waals surface area (Å²) in [5.74, 6) is -0.176. The molecule has 0 unspecified atom stereocenters. The van der Waals surface area contributed by atoms with Crippen LogP contribution in [-0.2, 0) is 9.53 Å². The Hall–Kier alpha value is -2.17. The van der Waals surface area contributed by atoms with E-state index in [4.69, 9.17) is 4.74 Å². The van der Waals surface area contributed by atoms with Crippen LogP contribution >= 0.6 is 0 Å². The summed E-state index contributed by atoms with van der Waals surface area (Å²) in [7, 11) is 0. The highest BCUT2D eigenvalue weighted by molar-refractivity contribution is 5.97. The molecule has 1 aromatic carbocycles. The number of hydrogen-bond donors (Lipinski definition) is 0. The second-order valence-corrected chi connectivity index (χ2v) is 7.60. The maximum absolute atomic E-state index is 12.3. The lowest BCUT2D eigenvalue weighted by molar-refractivity contribution is -0.113. The van der Waals surface area contributed by atoms with E-state index in [0.29, 0.717) is 31.5 Å². The number of Topliss-reactive ketones (excluding diaryl/α,β-unsaturated/α-hetero) is 1. The van der Waals surface area contributed by atoms with Gasteiger partial charge < -0.3 is 14.4 Å². The topological polar surface area (TPSA) is 63.7 Å². The minimum absolute atomic E-state index is 0.00716. The normalized spacial score (nSPS) is 17.0. The second-order valence-electron chi connectivity index (χ2n) is 7.60. The number of nitrogens with zero attached hydrogens (tertiary/aromatic N) is 1. The van der Waals surface area contributed by atoms with E-state index in [-0.39, 0.29) is 30.1 Å². The lowest BCUT2D eigenvalue weighted by Crippen LogP contribution is -2.43. The highest BCUT2D eigenvalue weighted by Crippen LogP contribution is 2.28. The van der Waals surface area contributed by atoms with E-state index >= 15 is 0 Å². The third-order valence-electron chi connectivity index (χ3n) is 4.49. The van der Waals surface area contributed by atoms with Crippen LogP contribution in [0.15, 0.2) is 30.3 Å². The number of carbonyl (C=O) groups is 3. The van der Waals surface area contributed by atoms with E-state index in [1.165, 1.54) is 0 Å². The molecule has 0 aliphatic carbocycles. The van der Waals surface area contributed by atoms with Crippen molar-refractivity contribution in [3.63, 3.8) is 0 Å². The molecule has 2 rings (SSSR count). The van der Waals surface area contributed by atoms with Gasteiger partial charge in [0.1, 0.15) is 11.9 Å². The molecule has 25 heavy (non-hydrogen) atoms. The van der Waals surface area contributed by atoms with Gasteiger partial charge in [0.2, 0.25) is 0 Å². The van der Waals surface area contributed by atoms with Crippen LogP contribution in [0.3, 0.4) is 0 Å². The van der Waals surface area contributed by atoms with Crippen LogP contribution in [-0.4, -0.2) is 41.8 Å². The summed E-state index contributed by atoms with van der Waals surface area (Å²) in [6.45, 7) is 6.65. The third kappa shape index (κ3) is 5.69. The second kappa shape index (κ2) is 8.28. The van der Waals surface area contributed by atoms with E-state index in [9.17, 15) is 14.4 Å². The molecule has 1 heterocycles. The summed E-state index contributed by atoms with van der Waals surface area (Å²) in [6.07, 6.45) is 2.24. The fourth-order valence-electron chi connectivity index (χ4n) is 3.12. The van der Waals surface area contributed by atoms with Gasteiger partial charge in [0.25, 0.3) is 0 Å². The van der Waals surface area contributed by atoms with Crippen molar-refractivity contribution in [2.24, 2.45) is 11.8 Å². The van der Waals surface area contributed by atoms with Crippen molar-refractivity contribution < 1.29 is 19.1 Å². The lowest BCUT2D eigenvalue weighted by atomic mass is 9.81. The standard InChI is InChI=1S/C20H27NO4/c1-20(2,3)25-19(24)21-11-9-15(10-12-21)17(14-22)13-18(23)16-7-5-4-6-8-16/h4-8,14-15,17H,9-13H2,1-3H3/t17-/m1/s1. The van der Waals surface area contributed by atoms with Crippen LogP contribution in [0.1, 0.15) is 50.4 Å². The van der Waals surface area contributed by atoms with Crippen LogP contribution in [0.25, 0.3) is 0 Å². The summed E-state index contributed by atoms with van der Waals surface area (Å²) in [4.78, 5) is 37.6. The highest BCUT2D eigenvalue weighted by atomic mass is 16.6. The highest BCUT2D eigenvalue weighted by Gasteiger charge is 2.31. The number of amides is 1. The molecule has 1 fully saturated rings. The summed E-state index contributed by atoms with van der Waals surface area (Å²) in [5, 5.41) is 0. The summed E-state index contributed by atoms with van der Waals surface area (Å²) < 4.78 is 5.38. The molecule has 1 aliphatic heterocycles. The van der Waals surface area contributed by atoms with Crippen LogP contribution in [0.5, 0.6) is 0 Å². The fraction of sp³-hybridized carbons (Fsp3) is 0.550. The molecule has 1 saturated heterocycles. The first-order valence-electron chi connectivity index (χ1n) is 8.81. The van der Waals surface area contributed by atoms with Gasteiger partial charge in [-0.3, -0.25) is 4.79 Å². The van der Waals surface area contributed by atoms with Crippen molar-refractivity contribution in [2.75, 3.05) is 13.1 Å². The van der Waals surface area contributed by atoms with Gasteiger partial charge in [-0.05, 0) is 39.5 Å². The number of ketones is 1. The number of likely N-dealkylation sites (tertiary alicyclic amines) is 1. The molecular formula is C20H27NO4. The van der Waals surface area contributed by atoms with E-state index < -0.39 is 5.60 Å². The quantitative estimate of drug-likeness (QED) is 0.603. The summed E-state index contributed by atoms with van der Waals surface area (Å²) >= 11 is 0. The zero-order chi connectivity index (χ0) is 18.4. The van der Waals surface area contributed by atoms with Gasteiger partial charge in [0.15, 0.2) is 5.78 Å². The van der Waals surface area contributed by atoms with E-state index in [1.54, 1.807) is 17.0 Å². The molecule has 0 saturated carbocycles. The van der Waals surface area contributed by atoms with Crippen LogP contribution < -0.4 is 0 Å². The Balaban J connectivity index is 1.88. The first-order valence-corrected chi connectivity index (χ1v) is 8.81. The number of benzene rings is 1. The Morgan fingerprint density at radius 3 is 2.32 bits per heavy atom. The van der Waals surface area contributed by atoms with Crippen LogP contribution in [0.4, 0.5) is 4.79 Å². The van der Waals surface area contributed by atoms with Crippen molar-refractivity contribution in [1.29, 1.82) is 0 Å². The maximum Gasteiger partial charge on any atom is 0.410 e. The molecule has 0 bridgehead atoms. The van der Waals surface area contributed by atoms with Crippen molar-refractivity contribution in [2.45, 2.75) is 45.6 Å². The number of ether oxygens (including phenoxy) is 1. The molecule has 0 radical (unpaired) electrons. The predicted octanol–water partition coefficient (Wildman–Crippen LogP) is 3.72. The molecule has 1 aromatic rings. The Bertz CT molecular complexity index is 598. The van der Waals surface area contributed by atoms with Gasteiger partial charge in [0.05, 0.1) is 0 Å². The van der Waals surface area contributed by atoms with Gasteiger partial charge in [-0.15, -0.1) is 0 Å². The van der Waals surface area contributed by atoms with E-state index in [0.717, 1.165) is 6.29 Å². The Morgan fingerprint density at radius 2 is 1.80 bits per heavy atom. The van der Waals surface area contributed by atoms with Gasteiger partial charge in [-0.25, -0.2) is 4.79 Å².